The zero-order chi connectivity index (χ0) is 22.6. The molecule has 1 unspecified atom stereocenters. The number of aromatic nitrogens is 2. The molecule has 3 N–H and O–H groups in total. The maximum atomic E-state index is 14.9. The van der Waals surface area contributed by atoms with Gasteiger partial charge in [0.15, 0.2) is 5.82 Å². The van der Waals surface area contributed by atoms with Crippen LogP contribution in [0.15, 0.2) is 42.1 Å². The van der Waals surface area contributed by atoms with Crippen molar-refractivity contribution in [2.24, 2.45) is 5.73 Å². The van der Waals surface area contributed by atoms with Crippen LogP contribution >= 0.6 is 22.6 Å². The van der Waals surface area contributed by atoms with E-state index in [0.717, 1.165) is 29.5 Å². The molecular formula is C24H26FIN4O. The first-order chi connectivity index (χ1) is 14.8. The fraction of sp³-hybridized carbons (Fsp3) is 0.333. The molecule has 1 aliphatic rings. The number of fused-ring (bicyclic) bond motifs is 1. The molecule has 1 aromatic carbocycles. The highest BCUT2D eigenvalue weighted by atomic mass is 127. The van der Waals surface area contributed by atoms with Gasteiger partial charge in [0.05, 0.1) is 5.69 Å². The summed E-state index contributed by atoms with van der Waals surface area (Å²) in [7, 11) is 0. The molecule has 162 valence electrons. The number of carbonyl (C=O) groups excluding carboxylic acids is 1. The summed E-state index contributed by atoms with van der Waals surface area (Å²) in [5.74, 6) is 6.40. The van der Waals surface area contributed by atoms with Crippen LogP contribution in [0.1, 0.15) is 58.9 Å². The number of benzene rings is 1. The molecule has 2 heterocycles. The van der Waals surface area contributed by atoms with E-state index in [1.807, 2.05) is 48.6 Å². The van der Waals surface area contributed by atoms with E-state index in [1.54, 1.807) is 29.8 Å². The van der Waals surface area contributed by atoms with Crippen LogP contribution in [0.2, 0.25) is 0 Å². The summed E-state index contributed by atoms with van der Waals surface area (Å²) < 4.78 is 15.1. The second kappa shape index (κ2) is 9.69. The fourth-order valence-corrected chi connectivity index (χ4v) is 4.57. The number of nitrogens with zero attached hydrogens (tertiary/aromatic N) is 2. The second-order valence-corrected chi connectivity index (χ2v) is 9.23. The van der Waals surface area contributed by atoms with E-state index >= 15 is 0 Å². The molecule has 0 fully saturated rings. The summed E-state index contributed by atoms with van der Waals surface area (Å²) in [5, 5.41) is 7.29. The van der Waals surface area contributed by atoms with E-state index in [9.17, 15) is 9.18 Å². The molecule has 5 nitrogen and oxygen atoms in total. The molecule has 2 aromatic rings. The van der Waals surface area contributed by atoms with Gasteiger partial charge in [-0.05, 0) is 91.7 Å². The summed E-state index contributed by atoms with van der Waals surface area (Å²) in [5.41, 5.74) is 9.78. The molecule has 0 bridgehead atoms. The standard InChI is InChI=1S/C24H26FIN4O/c1-4-18(7-5-13-27)9-11-19-15-20(10-8-16(19)2)23(31)28-22-17(3)21-24(25,26)12-6-14-30(21)29-22/h5,7-8,10,13,15H,4,6,12,14,27H2,1-3H3,(H,28,29,31)/b13-5-,18-7+. The lowest BCUT2D eigenvalue weighted by Crippen LogP contribution is -2.24. The van der Waals surface area contributed by atoms with E-state index in [4.69, 9.17) is 5.73 Å². The second-order valence-electron chi connectivity index (χ2n) is 7.52. The number of aryl methyl sites for hydroxylation is 2. The molecule has 31 heavy (non-hydrogen) atoms. The molecule has 1 aromatic heterocycles. The number of halogens is 2. The molecule has 1 atom stereocenters. The molecule has 3 rings (SSSR count). The smallest absolute Gasteiger partial charge is 0.256 e. The average Bonchev–Trinajstić information content (AvgIpc) is 3.05. The highest BCUT2D eigenvalue weighted by Gasteiger charge is 2.38. The lowest BCUT2D eigenvalue weighted by molar-refractivity contribution is 0.102. The quantitative estimate of drug-likeness (QED) is 0.244. The van der Waals surface area contributed by atoms with E-state index < -0.39 is 3.68 Å². The van der Waals surface area contributed by atoms with Crippen molar-refractivity contribution >= 4 is 34.3 Å². The molecule has 0 saturated heterocycles. The maximum absolute atomic E-state index is 14.9. The van der Waals surface area contributed by atoms with Crippen LogP contribution < -0.4 is 11.1 Å². The summed E-state index contributed by atoms with van der Waals surface area (Å²) in [4.78, 5) is 12.9. The van der Waals surface area contributed by atoms with Crippen LogP contribution in [-0.4, -0.2) is 15.7 Å². The number of hydrogen-bond donors (Lipinski definition) is 2. The van der Waals surface area contributed by atoms with Crippen molar-refractivity contribution < 1.29 is 9.18 Å². The maximum Gasteiger partial charge on any atom is 0.256 e. The third kappa shape index (κ3) is 5.18. The van der Waals surface area contributed by atoms with Crippen molar-refractivity contribution in [3.63, 3.8) is 0 Å². The minimum absolute atomic E-state index is 0.295. The third-order valence-corrected chi connectivity index (χ3v) is 6.33. The Balaban J connectivity index is 1.86. The number of nitrogens with two attached hydrogens (primary N) is 1. The van der Waals surface area contributed by atoms with Gasteiger partial charge < -0.3 is 11.1 Å². The number of hydrogen-bond acceptors (Lipinski definition) is 3. The van der Waals surface area contributed by atoms with E-state index in [-0.39, 0.29) is 5.91 Å². The van der Waals surface area contributed by atoms with Gasteiger partial charge in [-0.3, -0.25) is 9.48 Å². The first kappa shape index (κ1) is 23.1. The summed E-state index contributed by atoms with van der Waals surface area (Å²) >= 11 is 1.83. The predicted octanol–water partition coefficient (Wildman–Crippen LogP) is 5.26. The van der Waals surface area contributed by atoms with Gasteiger partial charge in [-0.25, -0.2) is 4.39 Å². The van der Waals surface area contributed by atoms with Gasteiger partial charge in [-0.2, -0.15) is 5.10 Å². The van der Waals surface area contributed by atoms with Gasteiger partial charge in [0.1, 0.15) is 0 Å². The van der Waals surface area contributed by atoms with E-state index in [2.05, 4.69) is 22.3 Å². The average molecular weight is 532 g/mol. The number of amides is 1. The van der Waals surface area contributed by atoms with Gasteiger partial charge in [0.2, 0.25) is 3.68 Å². The molecule has 0 spiro atoms. The van der Waals surface area contributed by atoms with Crippen LogP contribution in [0.4, 0.5) is 10.2 Å². The first-order valence-corrected chi connectivity index (χ1v) is 11.3. The fourth-order valence-electron chi connectivity index (χ4n) is 3.51. The van der Waals surface area contributed by atoms with Gasteiger partial charge in [0, 0.05) is 28.8 Å². The summed E-state index contributed by atoms with van der Waals surface area (Å²) in [6.45, 7) is 6.43. The van der Waals surface area contributed by atoms with Gasteiger partial charge >= 0.3 is 0 Å². The Morgan fingerprint density at radius 2 is 2.23 bits per heavy atom. The SMILES string of the molecule is CC/C(C#Cc1cc(C(=O)Nc2nn3c(c2C)C(F)(I)CCC3)ccc1C)=C\C=C/N. The molecule has 1 amide bonds. The largest absolute Gasteiger partial charge is 0.405 e. The number of carbonyl (C=O) groups is 1. The molecule has 1 aliphatic heterocycles. The number of allylic oxidation sites excluding steroid dienone is 3. The first-order valence-electron chi connectivity index (χ1n) is 10.2. The topological polar surface area (TPSA) is 72.9 Å². The van der Waals surface area contributed by atoms with Gasteiger partial charge in [0.25, 0.3) is 5.91 Å². The predicted molar refractivity (Wildman–Crippen MR) is 131 cm³/mol. The van der Waals surface area contributed by atoms with Gasteiger partial charge in [-0.15, -0.1) is 0 Å². The highest BCUT2D eigenvalue weighted by molar-refractivity contribution is 14.1. The van der Waals surface area contributed by atoms with Crippen molar-refractivity contribution in [1.82, 2.24) is 9.78 Å². The molecular weight excluding hydrogens is 506 g/mol. The van der Waals surface area contributed by atoms with E-state index in [1.165, 1.54) is 6.20 Å². The molecule has 0 saturated carbocycles. The third-order valence-electron chi connectivity index (χ3n) is 5.28. The Kier molecular flexibility index (Phi) is 7.21. The number of nitrogens with one attached hydrogen (secondary N) is 1. The van der Waals surface area contributed by atoms with Crippen molar-refractivity contribution in [3.05, 3.63) is 70.1 Å². The minimum atomic E-state index is -1.47. The van der Waals surface area contributed by atoms with Crippen molar-refractivity contribution in [2.75, 3.05) is 5.32 Å². The zero-order valence-electron chi connectivity index (χ0n) is 17.9. The van der Waals surface area contributed by atoms with Gasteiger partial charge in [-0.1, -0.05) is 24.8 Å². The number of anilines is 1. The molecule has 0 aliphatic carbocycles. The van der Waals surface area contributed by atoms with Crippen LogP contribution in [0.3, 0.4) is 0 Å². The lowest BCUT2D eigenvalue weighted by Gasteiger charge is -2.25. The Morgan fingerprint density at radius 3 is 2.90 bits per heavy atom. The number of alkyl halides is 2. The van der Waals surface area contributed by atoms with Crippen LogP contribution in [-0.2, 0) is 10.2 Å². The van der Waals surface area contributed by atoms with Crippen molar-refractivity contribution in [1.29, 1.82) is 0 Å². The number of rotatable bonds is 4. The van der Waals surface area contributed by atoms with Crippen LogP contribution in [0.5, 0.6) is 0 Å². The summed E-state index contributed by atoms with van der Waals surface area (Å²) in [6.07, 6.45) is 7.04. The molecule has 7 heteroatoms. The zero-order valence-corrected chi connectivity index (χ0v) is 20.1. The Hall–Kier alpha value is -2.60. The van der Waals surface area contributed by atoms with Crippen LogP contribution in [0, 0.1) is 25.7 Å². The highest BCUT2D eigenvalue weighted by Crippen LogP contribution is 2.44. The minimum Gasteiger partial charge on any atom is -0.405 e. The lowest BCUT2D eigenvalue weighted by atomic mass is 10.0. The Bertz CT molecular complexity index is 1120. The van der Waals surface area contributed by atoms with Crippen molar-refractivity contribution in [2.45, 2.75) is 50.3 Å². The Labute approximate surface area is 196 Å². The molecule has 0 radical (unpaired) electrons. The van der Waals surface area contributed by atoms with E-state index in [0.29, 0.717) is 35.6 Å². The summed E-state index contributed by atoms with van der Waals surface area (Å²) in [6, 6.07) is 5.40. The normalized spacial score (nSPS) is 18.4. The Morgan fingerprint density at radius 1 is 1.45 bits per heavy atom. The monoisotopic (exact) mass is 532 g/mol. The van der Waals surface area contributed by atoms with Crippen molar-refractivity contribution in [3.8, 4) is 11.8 Å². The van der Waals surface area contributed by atoms with Crippen LogP contribution in [0.25, 0.3) is 0 Å².